The summed E-state index contributed by atoms with van der Waals surface area (Å²) in [6, 6.07) is 25.8. The molecule has 0 fully saturated rings. The van der Waals surface area contributed by atoms with E-state index in [1.54, 1.807) is 6.08 Å². The van der Waals surface area contributed by atoms with Crippen LogP contribution in [-0.4, -0.2) is 10.5 Å². The summed E-state index contributed by atoms with van der Waals surface area (Å²) >= 11 is 0. The first-order valence-electron chi connectivity index (χ1n) is 9.72. The van der Waals surface area contributed by atoms with E-state index < -0.39 is 5.91 Å². The molecule has 146 valence electrons. The van der Waals surface area contributed by atoms with Crippen LogP contribution in [-0.2, 0) is 4.79 Å². The van der Waals surface area contributed by atoms with Crippen molar-refractivity contribution in [2.24, 2.45) is 0 Å². The van der Waals surface area contributed by atoms with Gasteiger partial charge in [0.1, 0.15) is 11.6 Å². The number of rotatable bonds is 4. The van der Waals surface area contributed by atoms with Crippen LogP contribution in [0.15, 0.2) is 84.6 Å². The Kier molecular flexibility index (Phi) is 5.19. The lowest BCUT2D eigenvalue weighted by molar-refractivity contribution is -0.112. The van der Waals surface area contributed by atoms with Crippen LogP contribution >= 0.6 is 0 Å². The highest BCUT2D eigenvalue weighted by atomic mass is 16.1. The number of nitrogens with zero attached hydrogens (tertiary/aromatic N) is 2. The molecule has 3 aromatic carbocycles. The molecule has 1 amide bonds. The Morgan fingerprint density at radius 2 is 1.73 bits per heavy atom. The van der Waals surface area contributed by atoms with Gasteiger partial charge in [0.05, 0.1) is 0 Å². The van der Waals surface area contributed by atoms with E-state index >= 15 is 0 Å². The van der Waals surface area contributed by atoms with Crippen LogP contribution in [0.1, 0.15) is 16.8 Å². The van der Waals surface area contributed by atoms with E-state index in [4.69, 9.17) is 0 Å². The fourth-order valence-corrected chi connectivity index (χ4v) is 3.39. The Hall–Kier alpha value is -4.10. The number of fused-ring (bicyclic) bond motifs is 1. The third kappa shape index (κ3) is 3.87. The summed E-state index contributed by atoms with van der Waals surface area (Å²) in [5.41, 5.74) is 4.69. The largest absolute Gasteiger partial charge is 0.321 e. The van der Waals surface area contributed by atoms with Gasteiger partial charge < -0.3 is 9.88 Å². The number of aromatic nitrogens is 1. The maximum Gasteiger partial charge on any atom is 0.266 e. The van der Waals surface area contributed by atoms with Crippen LogP contribution in [0.3, 0.4) is 0 Å². The predicted molar refractivity (Wildman–Crippen MR) is 121 cm³/mol. The van der Waals surface area contributed by atoms with Gasteiger partial charge >= 0.3 is 0 Å². The van der Waals surface area contributed by atoms with Crippen LogP contribution in [0.25, 0.3) is 22.5 Å². The smallest absolute Gasteiger partial charge is 0.266 e. The average Bonchev–Trinajstić information content (AvgIpc) is 3.22. The number of carbonyl (C=O) groups excluding carboxylic acids is 1. The minimum atomic E-state index is -0.424. The first-order valence-corrected chi connectivity index (χ1v) is 9.72. The molecule has 1 heterocycles. The molecule has 0 spiro atoms. The van der Waals surface area contributed by atoms with Gasteiger partial charge in [-0.3, -0.25) is 4.79 Å². The van der Waals surface area contributed by atoms with Crippen molar-refractivity contribution in [3.63, 3.8) is 0 Å². The van der Waals surface area contributed by atoms with Crippen LogP contribution in [0.4, 0.5) is 5.69 Å². The molecule has 4 rings (SSSR count). The fraction of sp³-hybridized carbons (Fsp3) is 0.0769. The molecule has 0 saturated heterocycles. The number of nitrogens with one attached hydrogen (secondary N) is 1. The number of hydrogen-bond donors (Lipinski definition) is 1. The van der Waals surface area contributed by atoms with E-state index in [0.29, 0.717) is 5.69 Å². The van der Waals surface area contributed by atoms with Gasteiger partial charge in [-0.05, 0) is 78.2 Å². The second-order valence-electron chi connectivity index (χ2n) is 7.26. The molecular formula is C26H21N3O. The number of amides is 1. The lowest BCUT2D eigenvalue weighted by Gasteiger charge is -2.10. The molecule has 0 aliphatic heterocycles. The van der Waals surface area contributed by atoms with Crippen molar-refractivity contribution >= 4 is 28.4 Å². The second kappa shape index (κ2) is 8.10. The molecule has 0 unspecified atom stereocenters. The molecule has 0 saturated carbocycles. The third-order valence-electron chi connectivity index (χ3n) is 5.21. The average molecular weight is 391 g/mol. The van der Waals surface area contributed by atoms with E-state index in [1.807, 2.05) is 79.2 Å². The molecule has 0 radical (unpaired) electrons. The minimum absolute atomic E-state index is 0.0500. The zero-order valence-electron chi connectivity index (χ0n) is 16.9. The van der Waals surface area contributed by atoms with E-state index in [-0.39, 0.29) is 5.57 Å². The highest BCUT2D eigenvalue weighted by molar-refractivity contribution is 6.09. The van der Waals surface area contributed by atoms with Crippen molar-refractivity contribution < 1.29 is 4.79 Å². The van der Waals surface area contributed by atoms with Crippen molar-refractivity contribution in [3.05, 3.63) is 101 Å². The van der Waals surface area contributed by atoms with Gasteiger partial charge in [0, 0.05) is 23.3 Å². The van der Waals surface area contributed by atoms with Crippen molar-refractivity contribution in [2.75, 3.05) is 5.32 Å². The van der Waals surface area contributed by atoms with Gasteiger partial charge in [-0.1, -0.05) is 36.4 Å². The van der Waals surface area contributed by atoms with Gasteiger partial charge in [-0.15, -0.1) is 0 Å². The highest BCUT2D eigenvalue weighted by Crippen LogP contribution is 2.22. The van der Waals surface area contributed by atoms with Gasteiger partial charge in [-0.25, -0.2) is 0 Å². The standard InChI is InChI=1S/C26H21N3O/c1-18-9-11-23(14-19(18)2)28-26(30)22(17-27)16-24-8-5-13-29(24)25-12-10-20-6-3-4-7-21(20)15-25/h3-16H,1-2H3,(H,28,30)/b22-16-. The van der Waals surface area contributed by atoms with Crippen LogP contribution in [0, 0.1) is 25.2 Å². The van der Waals surface area contributed by atoms with Gasteiger partial charge in [0.2, 0.25) is 0 Å². The topological polar surface area (TPSA) is 57.8 Å². The predicted octanol–water partition coefficient (Wildman–Crippen LogP) is 5.79. The lowest BCUT2D eigenvalue weighted by Crippen LogP contribution is -2.14. The molecule has 0 bridgehead atoms. The van der Waals surface area contributed by atoms with Crippen LogP contribution in [0.5, 0.6) is 0 Å². The van der Waals surface area contributed by atoms with Crippen molar-refractivity contribution in [3.8, 4) is 11.8 Å². The molecule has 0 aliphatic rings. The number of anilines is 1. The van der Waals surface area contributed by atoms with E-state index in [2.05, 4.69) is 29.6 Å². The SMILES string of the molecule is Cc1ccc(NC(=O)/C(C#N)=C\c2cccn2-c2ccc3ccccc3c2)cc1C. The number of carbonyl (C=O) groups is 1. The normalized spacial score (nSPS) is 11.3. The summed E-state index contributed by atoms with van der Waals surface area (Å²) in [4.78, 5) is 12.7. The third-order valence-corrected chi connectivity index (χ3v) is 5.21. The quantitative estimate of drug-likeness (QED) is 0.353. The zero-order valence-corrected chi connectivity index (χ0v) is 16.9. The van der Waals surface area contributed by atoms with Crippen LogP contribution < -0.4 is 5.32 Å². The Balaban J connectivity index is 1.64. The van der Waals surface area contributed by atoms with Gasteiger partial charge in [0.25, 0.3) is 5.91 Å². The molecule has 0 atom stereocenters. The van der Waals surface area contributed by atoms with Crippen molar-refractivity contribution in [2.45, 2.75) is 13.8 Å². The number of nitriles is 1. The summed E-state index contributed by atoms with van der Waals surface area (Å²) < 4.78 is 1.97. The Labute approximate surface area is 175 Å². The number of hydrogen-bond acceptors (Lipinski definition) is 2. The summed E-state index contributed by atoms with van der Waals surface area (Å²) in [6.07, 6.45) is 3.54. The highest BCUT2D eigenvalue weighted by Gasteiger charge is 2.12. The molecule has 30 heavy (non-hydrogen) atoms. The number of aryl methyl sites for hydroxylation is 2. The summed E-state index contributed by atoms with van der Waals surface area (Å²) in [5.74, 6) is -0.424. The monoisotopic (exact) mass is 391 g/mol. The molecule has 0 aliphatic carbocycles. The Morgan fingerprint density at radius 3 is 2.50 bits per heavy atom. The second-order valence-corrected chi connectivity index (χ2v) is 7.26. The summed E-state index contributed by atoms with van der Waals surface area (Å²) in [6.45, 7) is 4.00. The first kappa shape index (κ1) is 19.2. The van der Waals surface area contributed by atoms with E-state index in [0.717, 1.165) is 33.3 Å². The first-order chi connectivity index (χ1) is 14.5. The molecule has 4 heteroatoms. The molecule has 4 aromatic rings. The van der Waals surface area contributed by atoms with Crippen molar-refractivity contribution in [1.29, 1.82) is 5.26 Å². The van der Waals surface area contributed by atoms with Crippen LogP contribution in [0.2, 0.25) is 0 Å². The molecule has 1 N–H and O–H groups in total. The number of benzene rings is 3. The molecular weight excluding hydrogens is 370 g/mol. The van der Waals surface area contributed by atoms with E-state index in [9.17, 15) is 10.1 Å². The van der Waals surface area contributed by atoms with Gasteiger partial charge in [-0.2, -0.15) is 5.26 Å². The maximum atomic E-state index is 12.7. The lowest BCUT2D eigenvalue weighted by atomic mass is 10.1. The van der Waals surface area contributed by atoms with Gasteiger partial charge in [0.15, 0.2) is 0 Å². The maximum absolute atomic E-state index is 12.7. The Morgan fingerprint density at radius 1 is 0.933 bits per heavy atom. The molecule has 4 nitrogen and oxygen atoms in total. The Bertz CT molecular complexity index is 1320. The summed E-state index contributed by atoms with van der Waals surface area (Å²) in [7, 11) is 0. The fourth-order valence-electron chi connectivity index (χ4n) is 3.39. The molecule has 1 aromatic heterocycles. The minimum Gasteiger partial charge on any atom is -0.321 e. The zero-order chi connectivity index (χ0) is 21.1. The van der Waals surface area contributed by atoms with Crippen molar-refractivity contribution in [1.82, 2.24) is 4.57 Å². The van der Waals surface area contributed by atoms with E-state index in [1.165, 1.54) is 0 Å². The summed E-state index contributed by atoms with van der Waals surface area (Å²) in [5, 5.41) is 14.7.